The molecular formula is C10H9BrClNO3. The summed E-state index contributed by atoms with van der Waals surface area (Å²) in [6.07, 6.45) is 0. The third kappa shape index (κ3) is 3.50. The zero-order valence-corrected chi connectivity index (χ0v) is 10.8. The van der Waals surface area contributed by atoms with E-state index in [9.17, 15) is 9.59 Å². The van der Waals surface area contributed by atoms with Crippen LogP contribution >= 0.6 is 27.5 Å². The maximum Gasteiger partial charge on any atom is 0.397 e. The lowest BCUT2D eigenvalue weighted by Crippen LogP contribution is -2.25. The average molecular weight is 307 g/mol. The molecule has 1 aromatic carbocycles. The number of anilines is 1. The number of carbonyl (C=O) groups excluding carboxylic acids is 2. The van der Waals surface area contributed by atoms with Crippen LogP contribution in [0.2, 0.25) is 5.02 Å². The first kappa shape index (κ1) is 13.0. The zero-order valence-electron chi connectivity index (χ0n) is 8.42. The molecule has 6 heteroatoms. The van der Waals surface area contributed by atoms with Gasteiger partial charge in [-0.2, -0.15) is 0 Å². The highest BCUT2D eigenvalue weighted by Crippen LogP contribution is 2.25. The molecule has 1 aromatic rings. The normalized spacial score (nSPS) is 9.69. The average Bonchev–Trinajstić information content (AvgIpc) is 2.23. The Kier molecular flexibility index (Phi) is 4.76. The number of nitrogens with one attached hydrogen (secondary N) is 1. The van der Waals surface area contributed by atoms with Crippen molar-refractivity contribution in [1.82, 2.24) is 0 Å². The van der Waals surface area contributed by atoms with E-state index in [0.29, 0.717) is 15.2 Å². The van der Waals surface area contributed by atoms with Gasteiger partial charge in [0.15, 0.2) is 0 Å². The lowest BCUT2D eigenvalue weighted by molar-refractivity contribution is -0.152. The molecule has 0 aliphatic rings. The Morgan fingerprint density at radius 2 is 2.19 bits per heavy atom. The van der Waals surface area contributed by atoms with Gasteiger partial charge >= 0.3 is 11.9 Å². The summed E-state index contributed by atoms with van der Waals surface area (Å²) >= 11 is 8.97. The van der Waals surface area contributed by atoms with Gasteiger partial charge in [-0.3, -0.25) is 4.79 Å². The Morgan fingerprint density at radius 3 is 2.81 bits per heavy atom. The van der Waals surface area contributed by atoms with E-state index >= 15 is 0 Å². The number of halogens is 2. The van der Waals surface area contributed by atoms with E-state index in [-0.39, 0.29) is 6.61 Å². The van der Waals surface area contributed by atoms with Crippen molar-refractivity contribution in [2.45, 2.75) is 6.92 Å². The summed E-state index contributed by atoms with van der Waals surface area (Å²) in [6.45, 7) is 1.78. The Labute approximate surface area is 106 Å². The molecule has 0 saturated carbocycles. The number of carbonyl (C=O) groups is 2. The van der Waals surface area contributed by atoms with Gasteiger partial charge in [-0.1, -0.05) is 11.6 Å². The van der Waals surface area contributed by atoms with Crippen molar-refractivity contribution in [2.24, 2.45) is 0 Å². The molecular weight excluding hydrogens is 297 g/mol. The Bertz CT molecular complexity index is 423. The quantitative estimate of drug-likeness (QED) is 0.675. The number of hydrogen-bond acceptors (Lipinski definition) is 3. The molecule has 0 spiro atoms. The van der Waals surface area contributed by atoms with Gasteiger partial charge in [0.1, 0.15) is 0 Å². The molecule has 0 aliphatic heterocycles. The number of ether oxygens (including phenoxy) is 1. The second-order valence-corrected chi connectivity index (χ2v) is 4.09. The molecule has 0 radical (unpaired) electrons. The topological polar surface area (TPSA) is 55.4 Å². The molecule has 4 nitrogen and oxygen atoms in total. The van der Waals surface area contributed by atoms with Crippen molar-refractivity contribution < 1.29 is 14.3 Å². The van der Waals surface area contributed by atoms with Gasteiger partial charge in [0.2, 0.25) is 0 Å². The Morgan fingerprint density at radius 1 is 1.50 bits per heavy atom. The summed E-state index contributed by atoms with van der Waals surface area (Å²) in [6, 6.07) is 4.86. The van der Waals surface area contributed by atoms with Crippen LogP contribution in [0, 0.1) is 0 Å². The van der Waals surface area contributed by atoms with Gasteiger partial charge in [-0.05, 0) is 41.1 Å². The SMILES string of the molecule is CCOC(=O)C(=O)Nc1cc(Cl)ccc1Br. The van der Waals surface area contributed by atoms with Crippen LogP contribution in [0.4, 0.5) is 5.69 Å². The summed E-state index contributed by atoms with van der Waals surface area (Å²) in [5.74, 6) is -1.75. The maximum atomic E-state index is 11.3. The minimum Gasteiger partial charge on any atom is -0.459 e. The van der Waals surface area contributed by atoms with Crippen LogP contribution in [0.15, 0.2) is 22.7 Å². The molecule has 1 N–H and O–H groups in total. The summed E-state index contributed by atoms with van der Waals surface area (Å²) in [4.78, 5) is 22.4. The standard InChI is InChI=1S/C10H9BrClNO3/c1-2-16-10(15)9(14)13-8-5-6(12)3-4-7(8)11/h3-5H,2H2,1H3,(H,13,14). The minimum atomic E-state index is -0.922. The largest absolute Gasteiger partial charge is 0.459 e. The molecule has 86 valence electrons. The van der Waals surface area contributed by atoms with Crippen molar-refractivity contribution in [3.63, 3.8) is 0 Å². The maximum absolute atomic E-state index is 11.3. The van der Waals surface area contributed by atoms with E-state index in [0.717, 1.165) is 0 Å². The molecule has 1 rings (SSSR count). The third-order valence-corrected chi connectivity index (χ3v) is 2.56. The third-order valence-electron chi connectivity index (χ3n) is 1.64. The number of benzene rings is 1. The summed E-state index contributed by atoms with van der Waals surface area (Å²) in [7, 11) is 0. The minimum absolute atomic E-state index is 0.156. The second kappa shape index (κ2) is 5.86. The van der Waals surface area contributed by atoms with E-state index in [1.807, 2.05) is 0 Å². The summed E-state index contributed by atoms with van der Waals surface area (Å²) in [5, 5.41) is 2.85. The fraction of sp³-hybridized carbons (Fsp3) is 0.200. The predicted octanol–water partition coefficient (Wildman–Crippen LogP) is 2.60. The first-order valence-electron chi connectivity index (χ1n) is 4.47. The summed E-state index contributed by atoms with van der Waals surface area (Å²) < 4.78 is 5.18. The van der Waals surface area contributed by atoms with E-state index in [4.69, 9.17) is 11.6 Å². The molecule has 0 saturated heterocycles. The highest BCUT2D eigenvalue weighted by Gasteiger charge is 2.15. The molecule has 0 aliphatic carbocycles. The van der Waals surface area contributed by atoms with Crippen molar-refractivity contribution in [2.75, 3.05) is 11.9 Å². The van der Waals surface area contributed by atoms with Crippen molar-refractivity contribution in [1.29, 1.82) is 0 Å². The van der Waals surface area contributed by atoms with Crippen LogP contribution in [0.1, 0.15) is 6.92 Å². The lowest BCUT2D eigenvalue weighted by Gasteiger charge is -2.06. The van der Waals surface area contributed by atoms with Gasteiger partial charge in [-0.25, -0.2) is 4.79 Å². The van der Waals surface area contributed by atoms with E-state index in [1.165, 1.54) is 6.07 Å². The molecule has 16 heavy (non-hydrogen) atoms. The predicted molar refractivity (Wildman–Crippen MR) is 64.4 cm³/mol. The molecule has 0 fully saturated rings. The zero-order chi connectivity index (χ0) is 12.1. The summed E-state index contributed by atoms with van der Waals surface area (Å²) in [5.41, 5.74) is 0.422. The van der Waals surface area contributed by atoms with E-state index in [1.54, 1.807) is 19.1 Å². The number of rotatable bonds is 2. The second-order valence-electron chi connectivity index (χ2n) is 2.80. The van der Waals surface area contributed by atoms with Crippen LogP contribution < -0.4 is 5.32 Å². The van der Waals surface area contributed by atoms with Crippen molar-refractivity contribution in [3.05, 3.63) is 27.7 Å². The Hall–Kier alpha value is -1.07. The fourth-order valence-electron chi connectivity index (χ4n) is 0.963. The lowest BCUT2D eigenvalue weighted by atomic mass is 10.3. The van der Waals surface area contributed by atoms with Gasteiger partial charge in [0, 0.05) is 9.50 Å². The first-order chi connectivity index (χ1) is 7.54. The van der Waals surface area contributed by atoms with Crippen LogP contribution in [0.5, 0.6) is 0 Å². The number of hydrogen-bond donors (Lipinski definition) is 1. The molecule has 0 atom stereocenters. The van der Waals surface area contributed by atoms with Crippen LogP contribution in [0.3, 0.4) is 0 Å². The van der Waals surface area contributed by atoms with E-state index < -0.39 is 11.9 Å². The number of amides is 1. The molecule has 0 aromatic heterocycles. The van der Waals surface area contributed by atoms with Gasteiger partial charge in [-0.15, -0.1) is 0 Å². The molecule has 1 amide bonds. The van der Waals surface area contributed by atoms with Gasteiger partial charge < -0.3 is 10.1 Å². The highest BCUT2D eigenvalue weighted by molar-refractivity contribution is 9.10. The van der Waals surface area contributed by atoms with Gasteiger partial charge in [0.05, 0.1) is 12.3 Å². The first-order valence-corrected chi connectivity index (χ1v) is 5.65. The van der Waals surface area contributed by atoms with Gasteiger partial charge in [0.25, 0.3) is 0 Å². The smallest absolute Gasteiger partial charge is 0.397 e. The van der Waals surface area contributed by atoms with Crippen molar-refractivity contribution in [3.8, 4) is 0 Å². The fourth-order valence-corrected chi connectivity index (χ4v) is 1.48. The highest BCUT2D eigenvalue weighted by atomic mass is 79.9. The van der Waals surface area contributed by atoms with Crippen molar-refractivity contribution >= 4 is 45.1 Å². The monoisotopic (exact) mass is 305 g/mol. The van der Waals surface area contributed by atoms with Crippen LogP contribution in [-0.2, 0) is 14.3 Å². The molecule has 0 unspecified atom stereocenters. The molecule has 0 bridgehead atoms. The number of esters is 1. The van der Waals surface area contributed by atoms with Crippen LogP contribution in [0.25, 0.3) is 0 Å². The Balaban J connectivity index is 2.76. The van der Waals surface area contributed by atoms with Crippen LogP contribution in [-0.4, -0.2) is 18.5 Å². The molecule has 0 heterocycles. The van der Waals surface area contributed by atoms with E-state index in [2.05, 4.69) is 26.0 Å².